The maximum atomic E-state index is 4.62. The van der Waals surface area contributed by atoms with Gasteiger partial charge in [-0.1, -0.05) is 315 Å². The molecule has 0 saturated heterocycles. The van der Waals surface area contributed by atoms with Gasteiger partial charge in [-0.25, -0.2) is 0 Å². The Morgan fingerprint density at radius 2 is 0.526 bits per heavy atom. The van der Waals surface area contributed by atoms with E-state index >= 15 is 0 Å². The van der Waals surface area contributed by atoms with E-state index in [4.69, 9.17) is 0 Å². The summed E-state index contributed by atoms with van der Waals surface area (Å²) in [5, 5.41) is 5.59. The molecule has 0 saturated carbocycles. The van der Waals surface area contributed by atoms with Crippen LogP contribution in [0.5, 0.6) is 0 Å². The molecule has 16 aromatic rings. The summed E-state index contributed by atoms with van der Waals surface area (Å²) in [6, 6.07) is 131. The fraction of sp³-hybridized carbons (Fsp3) is 0.118. The largest absolute Gasteiger partial charge is 0.305 e. The smallest absolute Gasteiger partial charge is 0.0795 e. The molecule has 592 valence electrons. The quantitative estimate of drug-likeness (QED) is 0.0797. The van der Waals surface area contributed by atoms with E-state index in [1.165, 1.54) is 65.3 Å². The van der Waals surface area contributed by atoms with Crippen molar-refractivity contribution in [2.75, 3.05) is 0 Å². The van der Waals surface area contributed by atoms with Crippen molar-refractivity contribution in [2.24, 2.45) is 0 Å². The predicted octanol–water partition coefficient (Wildman–Crippen LogP) is 24.1. The Kier molecular flexibility index (Phi) is 37.1. The van der Waals surface area contributed by atoms with Gasteiger partial charge in [0.25, 0.3) is 0 Å². The third-order valence-electron chi connectivity index (χ3n) is 18.6. The molecular weight excluding hydrogens is 2190 g/mol. The summed E-state index contributed by atoms with van der Waals surface area (Å²) in [6.07, 6.45) is 11.4. The van der Waals surface area contributed by atoms with E-state index in [0.717, 1.165) is 67.5 Å². The van der Waals surface area contributed by atoms with Crippen LogP contribution in [0.15, 0.2) is 365 Å². The van der Waals surface area contributed by atoms with Crippen LogP contribution in [0.25, 0.3) is 112 Å². The first-order valence-electron chi connectivity index (χ1n) is 38.0. The van der Waals surface area contributed by atoms with Crippen LogP contribution in [0.4, 0.5) is 0 Å². The minimum absolute atomic E-state index is 0. The van der Waals surface area contributed by atoms with Gasteiger partial charge < -0.3 is 29.9 Å². The number of aromatic nitrogens is 6. The van der Waals surface area contributed by atoms with Crippen LogP contribution in [-0.2, 0) is 80.4 Å². The van der Waals surface area contributed by atoms with Crippen LogP contribution in [0.1, 0.15) is 0 Å². The van der Waals surface area contributed by atoms with Gasteiger partial charge in [0.15, 0.2) is 0 Å². The monoisotopic (exact) mass is 2290 g/mol. The Bertz CT molecular complexity index is 5170. The van der Waals surface area contributed by atoms with Crippen LogP contribution >= 0.6 is 0 Å². The van der Waals surface area contributed by atoms with Crippen molar-refractivity contribution in [2.45, 2.75) is 78.6 Å². The molecule has 6 heterocycles. The van der Waals surface area contributed by atoms with Crippen LogP contribution < -0.4 is 20.7 Å². The first-order valence-corrected chi connectivity index (χ1v) is 52.0. The molecule has 0 aliphatic carbocycles. The van der Waals surface area contributed by atoms with E-state index in [1.54, 1.807) is 12.4 Å². The molecule has 0 spiro atoms. The molecule has 116 heavy (non-hydrogen) atoms. The van der Waals surface area contributed by atoms with Crippen LogP contribution in [-0.4, -0.2) is 62.2 Å². The topological polar surface area (TPSA) is 77.3 Å². The number of pyridine rings is 6. The molecule has 0 N–H and O–H groups in total. The average molecular weight is 2290 g/mol. The van der Waals surface area contributed by atoms with Crippen molar-refractivity contribution in [3.05, 3.63) is 401 Å². The molecule has 14 heteroatoms. The molecule has 16 rings (SSSR count). The molecule has 0 aliphatic rings. The molecule has 0 atom stereocenters. The number of nitrogens with zero attached hydrogens (tertiary/aromatic N) is 6. The van der Waals surface area contributed by atoms with Crippen molar-refractivity contribution in [1.29, 1.82) is 0 Å². The van der Waals surface area contributed by atoms with E-state index in [2.05, 4.69) is 339 Å². The Balaban J connectivity index is 0.000000194. The zero-order valence-electron chi connectivity index (χ0n) is 67.7. The van der Waals surface area contributed by atoms with Crippen LogP contribution in [0, 0.1) is 36.4 Å². The minimum atomic E-state index is -1.42. The summed E-state index contributed by atoms with van der Waals surface area (Å²) >= 11 is 0. The Labute approximate surface area is 747 Å². The number of hydrogen-bond acceptors (Lipinski definition) is 6. The first-order chi connectivity index (χ1) is 54.1. The molecule has 6 nitrogen and oxygen atoms in total. The summed E-state index contributed by atoms with van der Waals surface area (Å²) in [6.45, 7) is 28.2. The molecule has 0 bridgehead atoms. The maximum absolute atomic E-state index is 4.62. The second-order valence-corrected chi connectivity index (χ2v) is 51.4. The maximum Gasteiger partial charge on any atom is 0.0795 e. The molecule has 0 amide bonds. The molecular formula is C102H96Ir4N6Si4-6. The second-order valence-electron chi connectivity index (χ2n) is 31.1. The van der Waals surface area contributed by atoms with E-state index in [0.29, 0.717) is 0 Å². The average Bonchev–Trinajstić information content (AvgIpc) is 0.821. The van der Waals surface area contributed by atoms with Crippen molar-refractivity contribution >= 4 is 53.0 Å². The molecule has 4 radical (unpaired) electrons. The first kappa shape index (κ1) is 93.7. The minimum Gasteiger partial charge on any atom is -0.305 e. The van der Waals surface area contributed by atoms with E-state index in [1.807, 2.05) is 158 Å². The van der Waals surface area contributed by atoms with Crippen LogP contribution in [0.2, 0.25) is 78.6 Å². The van der Waals surface area contributed by atoms with Gasteiger partial charge in [0, 0.05) is 118 Å². The molecule has 6 aromatic heterocycles. The van der Waals surface area contributed by atoms with Gasteiger partial charge in [-0.2, -0.15) is 0 Å². The van der Waals surface area contributed by atoms with Gasteiger partial charge in [-0.15, -0.1) is 191 Å². The number of rotatable bonds is 14. The van der Waals surface area contributed by atoms with Crippen molar-refractivity contribution < 1.29 is 80.4 Å². The van der Waals surface area contributed by atoms with Crippen molar-refractivity contribution in [3.63, 3.8) is 0 Å². The fourth-order valence-electron chi connectivity index (χ4n) is 12.0. The Morgan fingerprint density at radius 1 is 0.207 bits per heavy atom. The Hall–Kier alpha value is -9.44. The molecule has 0 aliphatic heterocycles. The van der Waals surface area contributed by atoms with Gasteiger partial charge >= 0.3 is 0 Å². The van der Waals surface area contributed by atoms with E-state index < -0.39 is 32.3 Å². The molecule has 10 aromatic carbocycles. The van der Waals surface area contributed by atoms with E-state index in [9.17, 15) is 0 Å². The van der Waals surface area contributed by atoms with Gasteiger partial charge in [0.2, 0.25) is 0 Å². The standard InChI is InChI=1S/4C20H20NSi.2C11H8N.4Ir/c1-22(2,3)19-10-7-15-21-20(19)18-13-11-17(12-14-18)16-8-5-4-6-9-16;1-22(2,3)19-13-14-21-20(15-19)18-11-9-17(10-12-18)16-7-5-4-6-8-16;2*1-22(2,3)19-13-14-20(21-15-19)18-11-9-17(10-12-18)16-7-5-4-6-8-16;2*1-2-6-10(7-3-1)11-8-4-5-9-12-11;;;;/h4-13,15H,1-3H3;3*4-11,13-15H,1-3H3;2*1-6,8-9H;;;;/q6*-1;;;;. The Morgan fingerprint density at radius 3 is 0.828 bits per heavy atom. The third-order valence-corrected chi connectivity index (χ3v) is 26.7. The van der Waals surface area contributed by atoms with Gasteiger partial charge in [0.05, 0.1) is 32.3 Å². The fourth-order valence-corrected chi connectivity index (χ4v) is 16.7. The molecule has 0 fully saturated rings. The zero-order chi connectivity index (χ0) is 78.8. The van der Waals surface area contributed by atoms with Gasteiger partial charge in [-0.05, 0) is 68.8 Å². The second kappa shape index (κ2) is 45.9. The summed E-state index contributed by atoms with van der Waals surface area (Å²) in [5.74, 6) is 0. The predicted molar refractivity (Wildman–Crippen MR) is 485 cm³/mol. The zero-order valence-corrected chi connectivity index (χ0v) is 81.2. The number of hydrogen-bond donors (Lipinski definition) is 0. The molecule has 0 unspecified atom stereocenters. The summed E-state index contributed by atoms with van der Waals surface area (Å²) in [5.41, 5.74) is 21.9. The number of benzene rings is 10. The van der Waals surface area contributed by atoms with Crippen molar-refractivity contribution in [1.82, 2.24) is 29.9 Å². The summed E-state index contributed by atoms with van der Waals surface area (Å²) < 4.78 is 0. The van der Waals surface area contributed by atoms with Gasteiger partial charge in [0.1, 0.15) is 0 Å². The third kappa shape index (κ3) is 28.2. The van der Waals surface area contributed by atoms with Crippen LogP contribution in [0.3, 0.4) is 0 Å². The SMILES string of the molecule is C[Si](C)(C)c1ccc(-c2[c-]cc(-c3ccccc3)cc2)nc1.C[Si](C)(C)c1ccc(-c2[c-]cc(-c3ccccc3)cc2)nc1.C[Si](C)(C)c1cccnc1-c1[c-]cc(-c2ccccc2)cc1.C[Si](C)(C)c1ccnc(-c2[c-]cc(-c3ccccc3)cc2)c1.[Ir].[Ir].[Ir].[Ir].[c-]1ccccc1-c1ccccn1.[c-]1ccccc1-c1ccccn1. The summed E-state index contributed by atoms with van der Waals surface area (Å²) in [4.78, 5) is 26.8. The van der Waals surface area contributed by atoms with E-state index in [-0.39, 0.29) is 80.4 Å². The summed E-state index contributed by atoms with van der Waals surface area (Å²) in [7, 11) is -5.30. The normalized spacial score (nSPS) is 10.7. The van der Waals surface area contributed by atoms with Gasteiger partial charge in [-0.3, -0.25) is 0 Å². The van der Waals surface area contributed by atoms with Crippen molar-refractivity contribution in [3.8, 4) is 112 Å².